The fourth-order valence-electron chi connectivity index (χ4n) is 2.45. The lowest BCUT2D eigenvalue weighted by Gasteiger charge is -2.20. The van der Waals surface area contributed by atoms with Gasteiger partial charge >= 0.3 is 0 Å². The van der Waals surface area contributed by atoms with E-state index in [0.29, 0.717) is 6.04 Å². The van der Waals surface area contributed by atoms with Crippen LogP contribution in [0.15, 0.2) is 28.1 Å². The second kappa shape index (κ2) is 6.21. The number of thiophene rings is 1. The van der Waals surface area contributed by atoms with E-state index in [2.05, 4.69) is 72.5 Å². The third kappa shape index (κ3) is 3.10. The molecular weight excluding hydrogens is 318 g/mol. The number of benzene rings is 1. The standard InChI is InChI=1S/C16H20BrNS/c1-5-18-16(14-6-7-19-12(14)4)13-8-10(2)15(17)11(3)9-13/h6-9,16,18H,5H2,1-4H3. The van der Waals surface area contributed by atoms with Crippen molar-refractivity contribution in [2.45, 2.75) is 33.7 Å². The van der Waals surface area contributed by atoms with Gasteiger partial charge in [0, 0.05) is 9.35 Å². The lowest BCUT2D eigenvalue weighted by atomic mass is 9.96. The number of hydrogen-bond acceptors (Lipinski definition) is 2. The van der Waals surface area contributed by atoms with E-state index in [-0.39, 0.29) is 0 Å². The van der Waals surface area contributed by atoms with Gasteiger partial charge < -0.3 is 5.32 Å². The highest BCUT2D eigenvalue weighted by Gasteiger charge is 2.17. The monoisotopic (exact) mass is 337 g/mol. The Bertz CT molecular complexity index is 551. The molecule has 0 aliphatic heterocycles. The quantitative estimate of drug-likeness (QED) is 0.814. The molecule has 2 rings (SSSR count). The first-order valence-electron chi connectivity index (χ1n) is 6.58. The van der Waals surface area contributed by atoms with Crippen LogP contribution in [0.5, 0.6) is 0 Å². The van der Waals surface area contributed by atoms with Crippen molar-refractivity contribution in [2.75, 3.05) is 6.54 Å². The van der Waals surface area contributed by atoms with Gasteiger partial charge in [-0.1, -0.05) is 35.0 Å². The molecule has 0 saturated heterocycles. The average Bonchev–Trinajstić information content (AvgIpc) is 2.78. The molecule has 0 amide bonds. The highest BCUT2D eigenvalue weighted by atomic mass is 79.9. The van der Waals surface area contributed by atoms with E-state index in [1.165, 1.54) is 31.6 Å². The van der Waals surface area contributed by atoms with Gasteiger partial charge in [0.25, 0.3) is 0 Å². The minimum absolute atomic E-state index is 0.293. The summed E-state index contributed by atoms with van der Waals surface area (Å²) in [6.07, 6.45) is 0. The number of halogens is 1. The molecule has 19 heavy (non-hydrogen) atoms. The van der Waals surface area contributed by atoms with Crippen molar-refractivity contribution in [3.8, 4) is 0 Å². The largest absolute Gasteiger partial charge is 0.306 e. The first-order chi connectivity index (χ1) is 9.04. The molecule has 1 heterocycles. The first-order valence-corrected chi connectivity index (χ1v) is 8.25. The normalized spacial score (nSPS) is 12.7. The molecular formula is C16H20BrNS. The molecule has 0 aliphatic carbocycles. The molecule has 0 radical (unpaired) electrons. The second-order valence-corrected chi connectivity index (χ2v) is 6.80. The number of nitrogens with one attached hydrogen (secondary N) is 1. The summed E-state index contributed by atoms with van der Waals surface area (Å²) in [6, 6.07) is 7.09. The molecule has 1 nitrogen and oxygen atoms in total. The van der Waals surface area contributed by atoms with E-state index in [1.54, 1.807) is 0 Å². The molecule has 1 aromatic heterocycles. The maximum Gasteiger partial charge on any atom is 0.0587 e. The molecule has 1 unspecified atom stereocenters. The summed E-state index contributed by atoms with van der Waals surface area (Å²) in [5.74, 6) is 0. The van der Waals surface area contributed by atoms with Crippen LogP contribution < -0.4 is 5.32 Å². The third-order valence-corrected chi connectivity index (χ3v) is 5.52. The summed E-state index contributed by atoms with van der Waals surface area (Å²) in [4.78, 5) is 1.39. The maximum atomic E-state index is 3.65. The fraction of sp³-hybridized carbons (Fsp3) is 0.375. The van der Waals surface area contributed by atoms with Gasteiger partial charge in [-0.15, -0.1) is 11.3 Å². The summed E-state index contributed by atoms with van der Waals surface area (Å²) in [6.45, 7) is 9.64. The van der Waals surface area contributed by atoms with E-state index in [0.717, 1.165) is 6.54 Å². The number of aryl methyl sites for hydroxylation is 3. The van der Waals surface area contributed by atoms with Crippen LogP contribution in [0, 0.1) is 20.8 Å². The zero-order valence-corrected chi connectivity index (χ0v) is 14.3. The van der Waals surface area contributed by atoms with Crippen molar-refractivity contribution < 1.29 is 0 Å². The Balaban J connectivity index is 2.48. The molecule has 2 aromatic rings. The first kappa shape index (κ1) is 14.8. The lowest BCUT2D eigenvalue weighted by molar-refractivity contribution is 0.629. The Hall–Kier alpha value is -0.640. The van der Waals surface area contributed by atoms with Crippen molar-refractivity contribution in [1.82, 2.24) is 5.32 Å². The highest BCUT2D eigenvalue weighted by Crippen LogP contribution is 2.31. The van der Waals surface area contributed by atoms with E-state index in [4.69, 9.17) is 0 Å². The fourth-order valence-corrected chi connectivity index (χ4v) is 3.42. The van der Waals surface area contributed by atoms with Gasteiger partial charge in [-0.2, -0.15) is 0 Å². The maximum absolute atomic E-state index is 3.65. The van der Waals surface area contributed by atoms with Gasteiger partial charge in [-0.25, -0.2) is 0 Å². The summed E-state index contributed by atoms with van der Waals surface area (Å²) in [5.41, 5.74) is 5.34. The van der Waals surface area contributed by atoms with Crippen molar-refractivity contribution >= 4 is 27.3 Å². The molecule has 0 spiro atoms. The van der Waals surface area contributed by atoms with Crippen molar-refractivity contribution in [2.24, 2.45) is 0 Å². The Morgan fingerprint density at radius 2 is 1.84 bits per heavy atom. The van der Waals surface area contributed by atoms with Crippen LogP contribution in [0.2, 0.25) is 0 Å². The van der Waals surface area contributed by atoms with Crippen LogP contribution in [-0.4, -0.2) is 6.54 Å². The van der Waals surface area contributed by atoms with E-state index in [9.17, 15) is 0 Å². The van der Waals surface area contributed by atoms with Crippen molar-refractivity contribution in [1.29, 1.82) is 0 Å². The highest BCUT2D eigenvalue weighted by molar-refractivity contribution is 9.10. The third-order valence-electron chi connectivity index (χ3n) is 3.41. The molecule has 0 saturated carbocycles. The van der Waals surface area contributed by atoms with Crippen molar-refractivity contribution in [3.05, 3.63) is 55.2 Å². The Kier molecular flexibility index (Phi) is 4.82. The number of rotatable bonds is 4. The summed E-state index contributed by atoms with van der Waals surface area (Å²) in [5, 5.41) is 5.78. The molecule has 102 valence electrons. The van der Waals surface area contributed by atoms with Crippen LogP contribution in [0.4, 0.5) is 0 Å². The smallest absolute Gasteiger partial charge is 0.0587 e. The molecule has 1 N–H and O–H groups in total. The van der Waals surface area contributed by atoms with Gasteiger partial charge in [0.2, 0.25) is 0 Å². The minimum atomic E-state index is 0.293. The molecule has 1 atom stereocenters. The Morgan fingerprint density at radius 1 is 1.21 bits per heavy atom. The zero-order chi connectivity index (χ0) is 14.0. The van der Waals surface area contributed by atoms with Gasteiger partial charge in [0.1, 0.15) is 0 Å². The van der Waals surface area contributed by atoms with Crippen LogP contribution in [0.25, 0.3) is 0 Å². The van der Waals surface area contributed by atoms with Gasteiger partial charge in [-0.3, -0.25) is 0 Å². The average molecular weight is 338 g/mol. The summed E-state index contributed by atoms with van der Waals surface area (Å²) >= 11 is 5.46. The minimum Gasteiger partial charge on any atom is -0.306 e. The lowest BCUT2D eigenvalue weighted by Crippen LogP contribution is -2.22. The topological polar surface area (TPSA) is 12.0 Å². The molecule has 3 heteroatoms. The molecule has 0 bridgehead atoms. The van der Waals surface area contributed by atoms with Crippen LogP contribution in [-0.2, 0) is 0 Å². The van der Waals surface area contributed by atoms with Gasteiger partial charge in [0.15, 0.2) is 0 Å². The Labute approximate surface area is 128 Å². The SMILES string of the molecule is CCNC(c1cc(C)c(Br)c(C)c1)c1ccsc1C. The van der Waals surface area contributed by atoms with Crippen LogP contribution >= 0.6 is 27.3 Å². The summed E-state index contributed by atoms with van der Waals surface area (Å²) < 4.78 is 1.22. The molecule has 1 aromatic carbocycles. The number of hydrogen-bond donors (Lipinski definition) is 1. The molecule has 0 aliphatic rings. The second-order valence-electron chi connectivity index (χ2n) is 4.89. The van der Waals surface area contributed by atoms with Gasteiger partial charge in [-0.05, 0) is 61.0 Å². The van der Waals surface area contributed by atoms with E-state index < -0.39 is 0 Å². The molecule has 0 fully saturated rings. The zero-order valence-electron chi connectivity index (χ0n) is 11.9. The van der Waals surface area contributed by atoms with E-state index >= 15 is 0 Å². The predicted molar refractivity (Wildman–Crippen MR) is 88.2 cm³/mol. The van der Waals surface area contributed by atoms with Gasteiger partial charge in [0.05, 0.1) is 6.04 Å². The van der Waals surface area contributed by atoms with E-state index in [1.807, 2.05) is 11.3 Å². The van der Waals surface area contributed by atoms with Crippen LogP contribution in [0.1, 0.15) is 40.1 Å². The summed E-state index contributed by atoms with van der Waals surface area (Å²) in [7, 11) is 0. The van der Waals surface area contributed by atoms with Crippen molar-refractivity contribution in [3.63, 3.8) is 0 Å². The Morgan fingerprint density at radius 3 is 2.32 bits per heavy atom. The van der Waals surface area contributed by atoms with Crippen LogP contribution in [0.3, 0.4) is 0 Å². The predicted octanol–water partition coefficient (Wildman–Crippen LogP) is 5.13.